The van der Waals surface area contributed by atoms with Gasteiger partial charge >= 0.3 is 5.97 Å². The van der Waals surface area contributed by atoms with Crippen LogP contribution < -0.4 is 5.32 Å². The van der Waals surface area contributed by atoms with Gasteiger partial charge in [0.15, 0.2) is 5.69 Å². The molecule has 5 heteroatoms. The van der Waals surface area contributed by atoms with Crippen molar-refractivity contribution in [1.82, 2.24) is 4.98 Å². The Kier molecular flexibility index (Phi) is 2.52. The highest BCUT2D eigenvalue weighted by Gasteiger charge is 2.19. The van der Waals surface area contributed by atoms with Gasteiger partial charge in [0.05, 0.1) is 6.42 Å². The molecule has 0 fully saturated rings. The van der Waals surface area contributed by atoms with Gasteiger partial charge in [-0.1, -0.05) is 12.1 Å². The van der Waals surface area contributed by atoms with E-state index in [1.54, 1.807) is 24.3 Å². The monoisotopic (exact) mass is 254 g/mol. The fourth-order valence-electron chi connectivity index (χ4n) is 2.21. The number of pyridine rings is 1. The van der Waals surface area contributed by atoms with E-state index in [1.807, 2.05) is 6.07 Å². The van der Waals surface area contributed by atoms with Gasteiger partial charge < -0.3 is 10.4 Å². The predicted octanol–water partition coefficient (Wildman–Crippen LogP) is 1.94. The minimum Gasteiger partial charge on any atom is -0.476 e. The number of rotatable bonds is 2. The van der Waals surface area contributed by atoms with E-state index in [-0.39, 0.29) is 11.6 Å². The number of aromatic nitrogens is 1. The molecule has 0 atom stereocenters. The molecule has 2 aromatic rings. The Hall–Kier alpha value is -2.69. The molecular weight excluding hydrogens is 244 g/mol. The van der Waals surface area contributed by atoms with Gasteiger partial charge in [0.25, 0.3) is 0 Å². The first-order valence-electron chi connectivity index (χ1n) is 5.76. The highest BCUT2D eigenvalue weighted by molar-refractivity contribution is 6.00. The highest BCUT2D eigenvalue weighted by atomic mass is 16.4. The largest absolute Gasteiger partial charge is 0.476 e. The molecule has 0 saturated carbocycles. The molecule has 2 N–H and O–H groups in total. The number of nitrogens with one attached hydrogen (secondary N) is 1. The quantitative estimate of drug-likeness (QED) is 0.858. The molecule has 5 nitrogen and oxygen atoms in total. The minimum absolute atomic E-state index is 0.0136. The lowest BCUT2D eigenvalue weighted by Gasteiger charge is -2.07. The van der Waals surface area contributed by atoms with E-state index in [0.29, 0.717) is 12.0 Å². The van der Waals surface area contributed by atoms with Gasteiger partial charge in [-0.15, -0.1) is 0 Å². The number of aromatic carboxylic acids is 1. The maximum absolute atomic E-state index is 11.3. The van der Waals surface area contributed by atoms with Crippen LogP contribution in [0, 0.1) is 0 Å². The average Bonchev–Trinajstić information content (AvgIpc) is 2.77. The molecule has 3 rings (SSSR count). The number of carbonyl (C=O) groups excluding carboxylic acids is 1. The summed E-state index contributed by atoms with van der Waals surface area (Å²) in [6.07, 6.45) is 1.78. The van der Waals surface area contributed by atoms with Gasteiger partial charge in [-0.2, -0.15) is 0 Å². The van der Waals surface area contributed by atoms with Crippen molar-refractivity contribution in [2.45, 2.75) is 6.42 Å². The van der Waals surface area contributed by atoms with Gasteiger partial charge in [-0.3, -0.25) is 4.79 Å². The first kappa shape index (κ1) is 11.4. The zero-order chi connectivity index (χ0) is 13.4. The molecule has 0 bridgehead atoms. The zero-order valence-electron chi connectivity index (χ0n) is 9.88. The van der Waals surface area contributed by atoms with E-state index in [2.05, 4.69) is 10.3 Å². The summed E-state index contributed by atoms with van der Waals surface area (Å²) in [4.78, 5) is 26.3. The topological polar surface area (TPSA) is 79.3 Å². The minimum atomic E-state index is -1.06. The van der Waals surface area contributed by atoms with E-state index >= 15 is 0 Å². The van der Waals surface area contributed by atoms with E-state index in [9.17, 15) is 9.59 Å². The van der Waals surface area contributed by atoms with Crippen molar-refractivity contribution < 1.29 is 14.7 Å². The fourth-order valence-corrected chi connectivity index (χ4v) is 2.21. The molecule has 19 heavy (non-hydrogen) atoms. The Morgan fingerprint density at radius 1 is 1.32 bits per heavy atom. The molecule has 1 aromatic heterocycles. The number of benzene rings is 1. The number of carboxylic acid groups (broad SMARTS) is 1. The third kappa shape index (κ3) is 1.95. The summed E-state index contributed by atoms with van der Waals surface area (Å²) >= 11 is 0. The molecular formula is C14H10N2O3. The first-order valence-corrected chi connectivity index (χ1v) is 5.76. The van der Waals surface area contributed by atoms with Gasteiger partial charge in [0, 0.05) is 17.4 Å². The Balaban J connectivity index is 2.11. The van der Waals surface area contributed by atoms with E-state index in [4.69, 9.17) is 5.11 Å². The second-order valence-corrected chi connectivity index (χ2v) is 4.30. The van der Waals surface area contributed by atoms with Crippen LogP contribution in [0.2, 0.25) is 0 Å². The molecule has 0 unspecified atom stereocenters. The van der Waals surface area contributed by atoms with E-state index < -0.39 is 5.97 Å². The standard InChI is InChI=1S/C14H10N2O3/c17-12-7-9-6-8(3-4-11(9)16-12)10-2-1-5-15-13(10)14(18)19/h1-6H,7H2,(H,16,17)(H,18,19). The van der Waals surface area contributed by atoms with Crippen LogP contribution in [0.15, 0.2) is 36.5 Å². The Morgan fingerprint density at radius 3 is 2.95 bits per heavy atom. The van der Waals surface area contributed by atoms with Crippen molar-refractivity contribution in [1.29, 1.82) is 0 Å². The van der Waals surface area contributed by atoms with Crippen molar-refractivity contribution in [2.24, 2.45) is 0 Å². The molecule has 1 aromatic carbocycles. The molecule has 1 aliphatic heterocycles. The van der Waals surface area contributed by atoms with Crippen molar-refractivity contribution in [3.63, 3.8) is 0 Å². The number of anilines is 1. The molecule has 1 aliphatic rings. The van der Waals surface area contributed by atoms with Crippen LogP contribution in [0.4, 0.5) is 5.69 Å². The molecule has 0 radical (unpaired) electrons. The van der Waals surface area contributed by atoms with Crippen molar-refractivity contribution in [3.8, 4) is 11.1 Å². The molecule has 94 valence electrons. The lowest BCUT2D eigenvalue weighted by Crippen LogP contribution is -2.03. The van der Waals surface area contributed by atoms with Gasteiger partial charge in [-0.05, 0) is 29.3 Å². The summed E-state index contributed by atoms with van der Waals surface area (Å²) in [6.45, 7) is 0. The summed E-state index contributed by atoms with van der Waals surface area (Å²) < 4.78 is 0. The van der Waals surface area contributed by atoms with E-state index in [1.165, 1.54) is 6.20 Å². The number of carboxylic acids is 1. The molecule has 1 amide bonds. The molecule has 0 saturated heterocycles. The third-order valence-corrected chi connectivity index (χ3v) is 3.05. The summed E-state index contributed by atoms with van der Waals surface area (Å²) in [7, 11) is 0. The molecule has 0 spiro atoms. The number of fused-ring (bicyclic) bond motifs is 1. The molecule has 0 aliphatic carbocycles. The smallest absolute Gasteiger partial charge is 0.355 e. The number of hydrogen-bond donors (Lipinski definition) is 2. The first-order chi connectivity index (χ1) is 9.15. The van der Waals surface area contributed by atoms with E-state index in [0.717, 1.165) is 16.8 Å². The van der Waals surface area contributed by atoms with Gasteiger partial charge in [0.1, 0.15) is 0 Å². The Morgan fingerprint density at radius 2 is 2.16 bits per heavy atom. The lowest BCUT2D eigenvalue weighted by molar-refractivity contribution is -0.115. The number of hydrogen-bond acceptors (Lipinski definition) is 3. The van der Waals surface area contributed by atoms with Crippen molar-refractivity contribution in [3.05, 3.63) is 47.8 Å². The number of amides is 1. The summed E-state index contributed by atoms with van der Waals surface area (Å²) in [6, 6.07) is 8.81. The Bertz CT molecular complexity index is 695. The average molecular weight is 254 g/mol. The number of nitrogens with zero attached hydrogens (tertiary/aromatic N) is 1. The number of carbonyl (C=O) groups is 2. The van der Waals surface area contributed by atoms with Crippen LogP contribution in [0.1, 0.15) is 16.1 Å². The van der Waals surface area contributed by atoms with Gasteiger partial charge in [-0.25, -0.2) is 9.78 Å². The van der Waals surface area contributed by atoms with Crippen LogP contribution in [0.25, 0.3) is 11.1 Å². The maximum atomic E-state index is 11.3. The summed E-state index contributed by atoms with van der Waals surface area (Å²) in [5.41, 5.74) is 2.98. The lowest BCUT2D eigenvalue weighted by atomic mass is 10.0. The van der Waals surface area contributed by atoms with Crippen LogP contribution >= 0.6 is 0 Å². The zero-order valence-corrected chi connectivity index (χ0v) is 9.88. The van der Waals surface area contributed by atoms with Crippen LogP contribution in [0.3, 0.4) is 0 Å². The van der Waals surface area contributed by atoms with Crippen molar-refractivity contribution >= 4 is 17.6 Å². The second-order valence-electron chi connectivity index (χ2n) is 4.30. The van der Waals surface area contributed by atoms with Crippen LogP contribution in [0.5, 0.6) is 0 Å². The Labute approximate surface area is 108 Å². The SMILES string of the molecule is O=C1Cc2cc(-c3cccnc3C(=O)O)ccc2N1. The third-order valence-electron chi connectivity index (χ3n) is 3.05. The van der Waals surface area contributed by atoms with Gasteiger partial charge in [0.2, 0.25) is 5.91 Å². The second kappa shape index (κ2) is 4.20. The van der Waals surface area contributed by atoms with Crippen LogP contribution in [-0.4, -0.2) is 22.0 Å². The summed E-state index contributed by atoms with van der Waals surface area (Å²) in [5, 5.41) is 11.9. The van der Waals surface area contributed by atoms with Crippen molar-refractivity contribution in [2.75, 3.05) is 5.32 Å². The molecule has 2 heterocycles. The fraction of sp³-hybridized carbons (Fsp3) is 0.0714. The highest BCUT2D eigenvalue weighted by Crippen LogP contribution is 2.30. The normalized spacial score (nSPS) is 12.9. The predicted molar refractivity (Wildman–Crippen MR) is 69.0 cm³/mol. The maximum Gasteiger partial charge on any atom is 0.355 e. The van der Waals surface area contributed by atoms with Crippen LogP contribution in [-0.2, 0) is 11.2 Å². The summed E-state index contributed by atoms with van der Waals surface area (Å²) in [5.74, 6) is -1.11.